The van der Waals surface area contributed by atoms with Crippen LogP contribution in [0.3, 0.4) is 0 Å². The van der Waals surface area contributed by atoms with Crippen molar-refractivity contribution in [2.75, 3.05) is 39.5 Å². The van der Waals surface area contributed by atoms with E-state index < -0.39 is 0 Å². The summed E-state index contributed by atoms with van der Waals surface area (Å²) in [4.78, 5) is 29.9. The molecule has 150 valence electrons. The first-order valence-electron chi connectivity index (χ1n) is 9.97. The number of rotatable bonds is 7. The fraction of sp³-hybridized carbons (Fsp3) is 0.700. The van der Waals surface area contributed by atoms with Crippen molar-refractivity contribution in [3.8, 4) is 0 Å². The molecule has 2 saturated heterocycles. The van der Waals surface area contributed by atoms with Gasteiger partial charge in [-0.05, 0) is 43.4 Å². The van der Waals surface area contributed by atoms with Crippen molar-refractivity contribution in [3.05, 3.63) is 33.7 Å². The summed E-state index contributed by atoms with van der Waals surface area (Å²) >= 11 is 0. The van der Waals surface area contributed by atoms with Crippen molar-refractivity contribution in [2.45, 2.75) is 45.8 Å². The van der Waals surface area contributed by atoms with Crippen LogP contribution in [0.2, 0.25) is 0 Å². The minimum atomic E-state index is -0.380. The second-order valence-corrected chi connectivity index (χ2v) is 7.67. The quantitative estimate of drug-likeness (QED) is 0.753. The van der Waals surface area contributed by atoms with Gasteiger partial charge in [0, 0.05) is 25.3 Å². The average Bonchev–Trinajstić information content (AvgIpc) is 3.11. The van der Waals surface area contributed by atoms with Gasteiger partial charge in [-0.2, -0.15) is 0 Å². The minimum absolute atomic E-state index is 0.133. The molecule has 0 aliphatic carbocycles. The number of likely N-dealkylation sites (tertiary alicyclic amines) is 1. The summed E-state index contributed by atoms with van der Waals surface area (Å²) in [7, 11) is 0. The molecule has 3 rings (SSSR count). The van der Waals surface area contributed by atoms with Gasteiger partial charge in [-0.25, -0.2) is 0 Å². The van der Waals surface area contributed by atoms with Gasteiger partial charge in [0.1, 0.15) is 5.56 Å². The topological polar surface area (TPSA) is 83.7 Å². The molecule has 7 heteroatoms. The molecule has 0 saturated carbocycles. The predicted octanol–water partition coefficient (Wildman–Crippen LogP) is 1.53. The van der Waals surface area contributed by atoms with E-state index in [0.717, 1.165) is 18.8 Å². The highest BCUT2D eigenvalue weighted by molar-refractivity contribution is 5.93. The Hall–Kier alpha value is -1.70. The zero-order valence-corrected chi connectivity index (χ0v) is 16.4. The molecule has 0 spiro atoms. The molecule has 2 N–H and O–H groups in total. The van der Waals surface area contributed by atoms with Gasteiger partial charge < -0.3 is 19.8 Å². The lowest BCUT2D eigenvalue weighted by Gasteiger charge is -2.26. The molecule has 1 amide bonds. The highest BCUT2D eigenvalue weighted by Crippen LogP contribution is 2.37. The summed E-state index contributed by atoms with van der Waals surface area (Å²) in [6.45, 7) is 9.25. The van der Waals surface area contributed by atoms with E-state index >= 15 is 0 Å². The Labute approximate surface area is 160 Å². The van der Waals surface area contributed by atoms with Crippen molar-refractivity contribution in [1.82, 2.24) is 15.2 Å². The van der Waals surface area contributed by atoms with Crippen LogP contribution in [0.1, 0.15) is 49.2 Å². The number of hydrogen-bond acceptors (Lipinski definition) is 5. The fourth-order valence-corrected chi connectivity index (χ4v) is 3.97. The van der Waals surface area contributed by atoms with E-state index in [9.17, 15) is 9.59 Å². The van der Waals surface area contributed by atoms with Gasteiger partial charge in [0.25, 0.3) is 11.5 Å². The van der Waals surface area contributed by atoms with E-state index in [1.54, 1.807) is 6.07 Å². The average molecular weight is 377 g/mol. The van der Waals surface area contributed by atoms with Crippen LogP contribution in [-0.2, 0) is 16.0 Å². The first-order chi connectivity index (χ1) is 13.0. The van der Waals surface area contributed by atoms with Crippen LogP contribution in [0.5, 0.6) is 0 Å². The van der Waals surface area contributed by atoms with Crippen LogP contribution >= 0.6 is 0 Å². The summed E-state index contributed by atoms with van der Waals surface area (Å²) in [6, 6.07) is 3.46. The van der Waals surface area contributed by atoms with Crippen LogP contribution in [0.25, 0.3) is 0 Å². The lowest BCUT2D eigenvalue weighted by Crippen LogP contribution is -2.41. The number of carbonyl (C=O) groups excluding carboxylic acids is 1. The summed E-state index contributed by atoms with van der Waals surface area (Å²) in [5.74, 6) is -0.380. The number of aromatic amines is 1. The molecule has 7 nitrogen and oxygen atoms in total. The van der Waals surface area contributed by atoms with E-state index in [2.05, 4.69) is 29.0 Å². The second kappa shape index (κ2) is 8.99. The zero-order chi connectivity index (χ0) is 19.3. The molecule has 2 fully saturated rings. The molecule has 0 unspecified atom stereocenters. The van der Waals surface area contributed by atoms with Gasteiger partial charge >= 0.3 is 0 Å². The van der Waals surface area contributed by atoms with Gasteiger partial charge in [0.15, 0.2) is 0 Å². The Morgan fingerprint density at radius 2 is 2.15 bits per heavy atom. The molecule has 2 aliphatic heterocycles. The summed E-state index contributed by atoms with van der Waals surface area (Å²) in [6.07, 6.45) is 3.42. The maximum Gasteiger partial charge on any atom is 0.261 e. The Morgan fingerprint density at radius 3 is 2.78 bits per heavy atom. The summed E-state index contributed by atoms with van der Waals surface area (Å²) < 4.78 is 10.8. The SMILES string of the molecule is CCC1(CC)CCN(Cc2ccc(C(=O)NC[C@@H]3COCCO3)c(=O)[nH]2)C1. The molecule has 0 bridgehead atoms. The standard InChI is InChI=1S/C20H31N3O4/c1-3-20(4-2)7-8-23(14-20)12-15-5-6-17(19(25)22-15)18(24)21-11-16-13-26-9-10-27-16/h5-6,16H,3-4,7-14H2,1-2H3,(H,21,24)(H,22,25)/t16-/m1/s1. The Morgan fingerprint density at radius 1 is 1.33 bits per heavy atom. The van der Waals surface area contributed by atoms with E-state index in [0.29, 0.717) is 38.3 Å². The third-order valence-corrected chi connectivity index (χ3v) is 6.00. The van der Waals surface area contributed by atoms with Crippen molar-refractivity contribution in [1.29, 1.82) is 0 Å². The maximum atomic E-state index is 12.4. The fourth-order valence-electron chi connectivity index (χ4n) is 3.97. The number of amides is 1. The molecule has 0 radical (unpaired) electrons. The number of ether oxygens (including phenoxy) is 2. The maximum absolute atomic E-state index is 12.4. The molecule has 27 heavy (non-hydrogen) atoms. The molecule has 1 aromatic rings. The Kier molecular flexibility index (Phi) is 6.68. The minimum Gasteiger partial charge on any atom is -0.376 e. The first kappa shape index (κ1) is 20.0. The molecule has 3 heterocycles. The Balaban J connectivity index is 1.55. The lowest BCUT2D eigenvalue weighted by atomic mass is 9.82. The van der Waals surface area contributed by atoms with Crippen LogP contribution in [0.15, 0.2) is 16.9 Å². The summed E-state index contributed by atoms with van der Waals surface area (Å²) in [5.41, 5.74) is 1.05. The second-order valence-electron chi connectivity index (χ2n) is 7.67. The third-order valence-electron chi connectivity index (χ3n) is 6.00. The van der Waals surface area contributed by atoms with Crippen LogP contribution in [-0.4, -0.2) is 61.3 Å². The van der Waals surface area contributed by atoms with Crippen LogP contribution in [0.4, 0.5) is 0 Å². The van der Waals surface area contributed by atoms with Crippen LogP contribution < -0.4 is 10.9 Å². The largest absolute Gasteiger partial charge is 0.376 e. The smallest absolute Gasteiger partial charge is 0.261 e. The van der Waals surface area contributed by atoms with E-state index in [4.69, 9.17) is 9.47 Å². The van der Waals surface area contributed by atoms with Gasteiger partial charge in [0.05, 0.1) is 25.9 Å². The van der Waals surface area contributed by atoms with Crippen molar-refractivity contribution in [2.24, 2.45) is 5.41 Å². The number of nitrogens with zero attached hydrogens (tertiary/aromatic N) is 1. The number of H-pyrrole nitrogens is 1. The van der Waals surface area contributed by atoms with Gasteiger partial charge in [-0.15, -0.1) is 0 Å². The Bertz CT molecular complexity index is 693. The van der Waals surface area contributed by atoms with E-state index in [1.807, 2.05) is 6.07 Å². The molecular weight excluding hydrogens is 346 g/mol. The van der Waals surface area contributed by atoms with E-state index in [1.165, 1.54) is 19.3 Å². The number of aromatic nitrogens is 1. The van der Waals surface area contributed by atoms with Crippen molar-refractivity contribution >= 4 is 5.91 Å². The normalized spacial score (nSPS) is 22.7. The van der Waals surface area contributed by atoms with Gasteiger partial charge in [0.2, 0.25) is 0 Å². The monoisotopic (exact) mass is 377 g/mol. The highest BCUT2D eigenvalue weighted by Gasteiger charge is 2.34. The lowest BCUT2D eigenvalue weighted by molar-refractivity contribution is -0.0855. The molecular formula is C20H31N3O4. The number of pyridine rings is 1. The first-order valence-corrected chi connectivity index (χ1v) is 9.97. The molecule has 2 aliphatic rings. The molecule has 0 aromatic carbocycles. The predicted molar refractivity (Wildman–Crippen MR) is 103 cm³/mol. The number of hydrogen-bond donors (Lipinski definition) is 2. The zero-order valence-electron chi connectivity index (χ0n) is 16.4. The highest BCUT2D eigenvalue weighted by atomic mass is 16.6. The summed E-state index contributed by atoms with van der Waals surface area (Å²) in [5, 5.41) is 2.75. The number of nitrogens with one attached hydrogen (secondary N) is 2. The molecule has 1 atom stereocenters. The molecule has 1 aromatic heterocycles. The van der Waals surface area contributed by atoms with Crippen molar-refractivity contribution in [3.63, 3.8) is 0 Å². The third kappa shape index (κ3) is 4.97. The number of carbonyl (C=O) groups is 1. The van der Waals surface area contributed by atoms with E-state index in [-0.39, 0.29) is 23.1 Å². The van der Waals surface area contributed by atoms with Crippen molar-refractivity contribution < 1.29 is 14.3 Å². The van der Waals surface area contributed by atoms with Gasteiger partial charge in [-0.1, -0.05) is 13.8 Å². The van der Waals surface area contributed by atoms with Crippen LogP contribution in [0, 0.1) is 5.41 Å². The van der Waals surface area contributed by atoms with Gasteiger partial charge in [-0.3, -0.25) is 14.5 Å².